The van der Waals surface area contributed by atoms with E-state index >= 15 is 0 Å². The molecule has 1 atom stereocenters. The second kappa shape index (κ2) is 8.15. The van der Waals surface area contributed by atoms with Crippen LogP contribution in [0.5, 0.6) is 11.5 Å². The van der Waals surface area contributed by atoms with Crippen LogP contribution in [0.1, 0.15) is 26.7 Å². The van der Waals surface area contributed by atoms with Gasteiger partial charge in [0.05, 0.1) is 0 Å². The quantitative estimate of drug-likeness (QED) is 0.470. The lowest BCUT2D eigenvalue weighted by atomic mass is 10.1. The van der Waals surface area contributed by atoms with Crippen LogP contribution < -0.4 is 9.47 Å². The Morgan fingerprint density at radius 3 is 1.79 bits per heavy atom. The molecule has 0 spiro atoms. The van der Waals surface area contributed by atoms with Crippen molar-refractivity contribution in [2.24, 2.45) is 5.92 Å². The van der Waals surface area contributed by atoms with Crippen molar-refractivity contribution in [2.75, 3.05) is 0 Å². The Balaban J connectivity index is 2.01. The van der Waals surface area contributed by atoms with Gasteiger partial charge in [-0.25, -0.2) is 4.79 Å². The van der Waals surface area contributed by atoms with Gasteiger partial charge in [-0.05, 0) is 41.3 Å². The SMILES string of the molecule is CCC(C)CC(=O)Oc1ccc(-c2ccc(OC(=O)O)cc2)cc1. The van der Waals surface area contributed by atoms with E-state index in [-0.39, 0.29) is 11.7 Å². The largest absolute Gasteiger partial charge is 0.511 e. The molecule has 5 nitrogen and oxygen atoms in total. The molecule has 1 unspecified atom stereocenters. The fourth-order valence-electron chi connectivity index (χ4n) is 2.13. The first-order chi connectivity index (χ1) is 11.5. The summed E-state index contributed by atoms with van der Waals surface area (Å²) in [6, 6.07) is 13.9. The smallest absolute Gasteiger partial charge is 0.449 e. The molecule has 126 valence electrons. The molecular formula is C19H20O5. The molecular weight excluding hydrogens is 308 g/mol. The molecule has 0 aliphatic heterocycles. The predicted octanol–water partition coefficient (Wildman–Crippen LogP) is 4.75. The Kier molecular flexibility index (Phi) is 5.95. The molecule has 0 saturated carbocycles. The zero-order chi connectivity index (χ0) is 17.5. The van der Waals surface area contributed by atoms with Gasteiger partial charge in [0.25, 0.3) is 0 Å². The fraction of sp³-hybridized carbons (Fsp3) is 0.263. The Bertz CT molecular complexity index is 689. The minimum atomic E-state index is -1.34. The molecule has 0 aliphatic carbocycles. The number of carbonyl (C=O) groups excluding carboxylic acids is 1. The second-order valence-electron chi connectivity index (χ2n) is 5.61. The van der Waals surface area contributed by atoms with Gasteiger partial charge >= 0.3 is 12.1 Å². The predicted molar refractivity (Wildman–Crippen MR) is 90.2 cm³/mol. The Labute approximate surface area is 140 Å². The van der Waals surface area contributed by atoms with Crippen LogP contribution in [-0.4, -0.2) is 17.2 Å². The summed E-state index contributed by atoms with van der Waals surface area (Å²) in [4.78, 5) is 22.2. The van der Waals surface area contributed by atoms with Crippen molar-refractivity contribution in [2.45, 2.75) is 26.7 Å². The van der Waals surface area contributed by atoms with E-state index in [4.69, 9.17) is 9.84 Å². The maximum absolute atomic E-state index is 11.8. The van der Waals surface area contributed by atoms with Crippen LogP contribution in [0, 0.1) is 5.92 Å². The topological polar surface area (TPSA) is 72.8 Å². The highest BCUT2D eigenvalue weighted by Crippen LogP contribution is 2.25. The van der Waals surface area contributed by atoms with Gasteiger partial charge in [-0.15, -0.1) is 0 Å². The molecule has 2 rings (SSSR count). The van der Waals surface area contributed by atoms with Gasteiger partial charge in [0.1, 0.15) is 11.5 Å². The number of benzene rings is 2. The Morgan fingerprint density at radius 1 is 0.917 bits per heavy atom. The average Bonchev–Trinajstić information content (AvgIpc) is 2.55. The van der Waals surface area contributed by atoms with E-state index in [1.54, 1.807) is 36.4 Å². The highest BCUT2D eigenvalue weighted by Gasteiger charge is 2.10. The summed E-state index contributed by atoms with van der Waals surface area (Å²) >= 11 is 0. The minimum Gasteiger partial charge on any atom is -0.449 e. The molecule has 0 aliphatic rings. The molecule has 0 saturated heterocycles. The van der Waals surface area contributed by atoms with Gasteiger partial charge in [0, 0.05) is 6.42 Å². The normalized spacial score (nSPS) is 11.6. The van der Waals surface area contributed by atoms with E-state index in [1.807, 2.05) is 26.0 Å². The van der Waals surface area contributed by atoms with E-state index in [9.17, 15) is 9.59 Å². The van der Waals surface area contributed by atoms with Crippen LogP contribution in [0.15, 0.2) is 48.5 Å². The molecule has 5 heteroatoms. The highest BCUT2D eigenvalue weighted by atomic mass is 16.7. The van der Waals surface area contributed by atoms with Crippen molar-refractivity contribution < 1.29 is 24.2 Å². The van der Waals surface area contributed by atoms with Crippen LogP contribution in [0.4, 0.5) is 4.79 Å². The van der Waals surface area contributed by atoms with Gasteiger partial charge < -0.3 is 14.6 Å². The molecule has 1 N–H and O–H groups in total. The molecule has 0 heterocycles. The second-order valence-corrected chi connectivity index (χ2v) is 5.61. The van der Waals surface area contributed by atoms with Gasteiger partial charge in [0.2, 0.25) is 0 Å². The third kappa shape index (κ3) is 5.12. The van der Waals surface area contributed by atoms with Crippen molar-refractivity contribution in [1.29, 1.82) is 0 Å². The molecule has 0 radical (unpaired) electrons. The number of carboxylic acid groups (broad SMARTS) is 1. The maximum atomic E-state index is 11.8. The maximum Gasteiger partial charge on any atom is 0.511 e. The van der Waals surface area contributed by atoms with E-state index in [1.165, 1.54) is 0 Å². The lowest BCUT2D eigenvalue weighted by molar-refractivity contribution is -0.135. The third-order valence-corrected chi connectivity index (χ3v) is 3.69. The molecule has 2 aromatic rings. The molecule has 0 aromatic heterocycles. The Morgan fingerprint density at radius 2 is 1.38 bits per heavy atom. The zero-order valence-corrected chi connectivity index (χ0v) is 13.7. The summed E-state index contributed by atoms with van der Waals surface area (Å²) < 4.78 is 9.88. The van der Waals surface area contributed by atoms with Crippen LogP contribution >= 0.6 is 0 Å². The monoisotopic (exact) mass is 328 g/mol. The van der Waals surface area contributed by atoms with Crippen LogP contribution in [-0.2, 0) is 4.79 Å². The number of carbonyl (C=O) groups is 2. The van der Waals surface area contributed by atoms with Gasteiger partial charge in [-0.2, -0.15) is 0 Å². The molecule has 24 heavy (non-hydrogen) atoms. The van der Waals surface area contributed by atoms with Gasteiger partial charge in [0.15, 0.2) is 0 Å². The first-order valence-electron chi connectivity index (χ1n) is 7.80. The summed E-state index contributed by atoms with van der Waals surface area (Å²) in [5, 5.41) is 8.56. The zero-order valence-electron chi connectivity index (χ0n) is 13.7. The number of esters is 1. The van der Waals surface area contributed by atoms with E-state index in [0.29, 0.717) is 18.1 Å². The summed E-state index contributed by atoms with van der Waals surface area (Å²) in [6.45, 7) is 4.06. The molecule has 0 fully saturated rings. The minimum absolute atomic E-state index is 0.229. The molecule has 0 amide bonds. The Hall–Kier alpha value is -2.82. The lowest BCUT2D eigenvalue weighted by Gasteiger charge is -2.09. The highest BCUT2D eigenvalue weighted by molar-refractivity contribution is 5.73. The average molecular weight is 328 g/mol. The lowest BCUT2D eigenvalue weighted by Crippen LogP contribution is -2.11. The number of hydrogen-bond acceptors (Lipinski definition) is 4. The van der Waals surface area contributed by atoms with Gasteiger partial charge in [-0.3, -0.25) is 4.79 Å². The summed E-state index contributed by atoms with van der Waals surface area (Å²) in [5.41, 5.74) is 1.84. The van der Waals surface area contributed by atoms with E-state index < -0.39 is 6.16 Å². The standard InChI is InChI=1S/C19H20O5/c1-3-13(2)12-18(20)23-16-8-4-14(5-9-16)15-6-10-17(11-7-15)24-19(21)22/h4-11,13H,3,12H2,1-2H3,(H,21,22). The molecule has 2 aromatic carbocycles. The van der Waals surface area contributed by atoms with Crippen molar-refractivity contribution in [3.8, 4) is 22.6 Å². The van der Waals surface area contributed by atoms with Crippen molar-refractivity contribution in [3.05, 3.63) is 48.5 Å². The number of rotatable bonds is 6. The van der Waals surface area contributed by atoms with Crippen molar-refractivity contribution in [3.63, 3.8) is 0 Å². The van der Waals surface area contributed by atoms with Crippen molar-refractivity contribution >= 4 is 12.1 Å². The number of ether oxygens (including phenoxy) is 2. The fourth-order valence-corrected chi connectivity index (χ4v) is 2.13. The molecule has 0 bridgehead atoms. The van der Waals surface area contributed by atoms with E-state index in [0.717, 1.165) is 17.5 Å². The summed E-state index contributed by atoms with van der Waals surface area (Å²) in [5.74, 6) is 0.857. The number of hydrogen-bond donors (Lipinski definition) is 1. The summed E-state index contributed by atoms with van der Waals surface area (Å²) in [6.07, 6.45) is 0.00477. The van der Waals surface area contributed by atoms with Gasteiger partial charge in [-0.1, -0.05) is 44.5 Å². The van der Waals surface area contributed by atoms with Crippen LogP contribution in [0.2, 0.25) is 0 Å². The van der Waals surface area contributed by atoms with Crippen LogP contribution in [0.25, 0.3) is 11.1 Å². The van der Waals surface area contributed by atoms with Crippen molar-refractivity contribution in [1.82, 2.24) is 0 Å². The third-order valence-electron chi connectivity index (χ3n) is 3.69. The summed E-state index contributed by atoms with van der Waals surface area (Å²) in [7, 11) is 0. The van der Waals surface area contributed by atoms with Crippen LogP contribution in [0.3, 0.4) is 0 Å². The first kappa shape index (κ1) is 17.5. The van der Waals surface area contributed by atoms with E-state index in [2.05, 4.69) is 4.74 Å². The first-order valence-corrected chi connectivity index (χ1v) is 7.80.